The average Bonchev–Trinajstić information content (AvgIpc) is 3.33. The zero-order valence-corrected chi connectivity index (χ0v) is 14.1. The van der Waals surface area contributed by atoms with Crippen LogP contribution >= 0.6 is 0 Å². The van der Waals surface area contributed by atoms with E-state index in [1.54, 1.807) is 10.9 Å². The molecular formula is C18H21N3O4. The summed E-state index contributed by atoms with van der Waals surface area (Å²) in [7, 11) is 1.88. The third-order valence-electron chi connectivity index (χ3n) is 4.69. The van der Waals surface area contributed by atoms with Crippen molar-refractivity contribution in [1.82, 2.24) is 15.1 Å². The summed E-state index contributed by atoms with van der Waals surface area (Å²) < 4.78 is 18.5. The summed E-state index contributed by atoms with van der Waals surface area (Å²) in [5.41, 5.74) is 1.98. The first-order valence-corrected chi connectivity index (χ1v) is 8.49. The summed E-state index contributed by atoms with van der Waals surface area (Å²) in [6.45, 7) is 0.877. The maximum atomic E-state index is 12.4. The third kappa shape index (κ3) is 3.19. The highest BCUT2D eigenvalue weighted by atomic mass is 16.7. The molecule has 4 rings (SSSR count). The van der Waals surface area contributed by atoms with E-state index >= 15 is 0 Å². The van der Waals surface area contributed by atoms with E-state index in [-0.39, 0.29) is 24.8 Å². The molecule has 2 aromatic rings. The monoisotopic (exact) mass is 343 g/mol. The van der Waals surface area contributed by atoms with Crippen molar-refractivity contribution >= 4 is 5.91 Å². The second kappa shape index (κ2) is 6.76. The van der Waals surface area contributed by atoms with Crippen molar-refractivity contribution in [1.29, 1.82) is 0 Å². The predicted octanol–water partition coefficient (Wildman–Crippen LogP) is 1.73. The standard InChI is InChI=1S/C18H21N3O4/c1-21-14(7-9-19-21)18-13(8-10-23-18)20-16(22)6-5-12-3-2-4-15-17(12)25-11-24-15/h2-4,7,9,13,18H,5-6,8,10-11H2,1H3,(H,20,22)/t13-,18-/m0/s1. The highest BCUT2D eigenvalue weighted by Gasteiger charge is 2.32. The minimum atomic E-state index is -0.144. The van der Waals surface area contributed by atoms with E-state index in [0.717, 1.165) is 29.2 Å². The molecule has 1 saturated heterocycles. The summed E-state index contributed by atoms with van der Waals surface area (Å²) in [6, 6.07) is 7.67. The minimum Gasteiger partial charge on any atom is -0.454 e. The van der Waals surface area contributed by atoms with Crippen LogP contribution in [0.4, 0.5) is 0 Å². The Morgan fingerprint density at radius 1 is 1.36 bits per heavy atom. The number of amides is 1. The Bertz CT molecular complexity index is 773. The SMILES string of the molecule is Cn1nccc1[C@H]1OCC[C@@H]1NC(=O)CCc1cccc2c1OCO2. The molecule has 0 aliphatic carbocycles. The van der Waals surface area contributed by atoms with Gasteiger partial charge in [-0.25, -0.2) is 0 Å². The Balaban J connectivity index is 1.36. The fourth-order valence-electron chi connectivity index (χ4n) is 3.41. The molecule has 1 aromatic carbocycles. The summed E-state index contributed by atoms with van der Waals surface area (Å²) >= 11 is 0. The summed E-state index contributed by atoms with van der Waals surface area (Å²) in [5, 5.41) is 7.29. The fourth-order valence-corrected chi connectivity index (χ4v) is 3.41. The number of fused-ring (bicyclic) bond motifs is 1. The number of nitrogens with zero attached hydrogens (tertiary/aromatic N) is 2. The molecule has 1 amide bonds. The number of aromatic nitrogens is 2. The molecule has 0 unspecified atom stereocenters. The Labute approximate surface area is 145 Å². The number of carbonyl (C=O) groups excluding carboxylic acids is 1. The first-order chi connectivity index (χ1) is 12.2. The van der Waals surface area contributed by atoms with Crippen molar-refractivity contribution in [3.05, 3.63) is 41.7 Å². The number of nitrogens with one attached hydrogen (secondary N) is 1. The van der Waals surface area contributed by atoms with Crippen molar-refractivity contribution in [2.24, 2.45) is 7.05 Å². The van der Waals surface area contributed by atoms with Gasteiger partial charge in [-0.3, -0.25) is 9.48 Å². The molecule has 1 aromatic heterocycles. The molecule has 1 fully saturated rings. The van der Waals surface area contributed by atoms with Crippen LogP contribution in [0.1, 0.15) is 30.2 Å². The van der Waals surface area contributed by atoms with Crippen LogP contribution in [0, 0.1) is 0 Å². The molecule has 3 heterocycles. The molecule has 0 radical (unpaired) electrons. The molecule has 2 aliphatic rings. The van der Waals surface area contributed by atoms with Crippen LogP contribution in [0.2, 0.25) is 0 Å². The average molecular weight is 343 g/mol. The van der Waals surface area contributed by atoms with E-state index in [1.807, 2.05) is 31.3 Å². The molecule has 132 valence electrons. The van der Waals surface area contributed by atoms with Gasteiger partial charge in [0.15, 0.2) is 11.5 Å². The predicted molar refractivity (Wildman–Crippen MR) is 89.3 cm³/mol. The van der Waals surface area contributed by atoms with Crippen molar-refractivity contribution in [2.75, 3.05) is 13.4 Å². The first kappa shape index (κ1) is 16.0. The second-order valence-electron chi connectivity index (χ2n) is 6.28. The molecular weight excluding hydrogens is 322 g/mol. The number of aryl methyl sites for hydroxylation is 2. The number of carbonyl (C=O) groups is 1. The Morgan fingerprint density at radius 3 is 3.12 bits per heavy atom. The van der Waals surface area contributed by atoms with Gasteiger partial charge in [0.2, 0.25) is 12.7 Å². The lowest BCUT2D eigenvalue weighted by Crippen LogP contribution is -2.37. The molecule has 7 nitrogen and oxygen atoms in total. The topological polar surface area (TPSA) is 74.6 Å². The van der Waals surface area contributed by atoms with Gasteiger partial charge in [-0.15, -0.1) is 0 Å². The van der Waals surface area contributed by atoms with Gasteiger partial charge in [-0.1, -0.05) is 12.1 Å². The second-order valence-corrected chi connectivity index (χ2v) is 6.28. The van der Waals surface area contributed by atoms with E-state index < -0.39 is 0 Å². The van der Waals surface area contributed by atoms with Crippen LogP contribution < -0.4 is 14.8 Å². The largest absolute Gasteiger partial charge is 0.454 e. The van der Waals surface area contributed by atoms with E-state index in [4.69, 9.17) is 14.2 Å². The Morgan fingerprint density at radius 2 is 2.28 bits per heavy atom. The lowest BCUT2D eigenvalue weighted by atomic mass is 10.1. The van der Waals surface area contributed by atoms with Crippen LogP contribution in [-0.4, -0.2) is 35.1 Å². The van der Waals surface area contributed by atoms with Crippen molar-refractivity contribution in [3.63, 3.8) is 0 Å². The first-order valence-electron chi connectivity index (χ1n) is 8.49. The van der Waals surface area contributed by atoms with E-state index in [9.17, 15) is 4.79 Å². The molecule has 7 heteroatoms. The van der Waals surface area contributed by atoms with Crippen LogP contribution in [0.15, 0.2) is 30.5 Å². The van der Waals surface area contributed by atoms with Gasteiger partial charge in [0.1, 0.15) is 6.10 Å². The van der Waals surface area contributed by atoms with Crippen LogP contribution in [0.3, 0.4) is 0 Å². The van der Waals surface area contributed by atoms with Gasteiger partial charge in [0.05, 0.1) is 11.7 Å². The minimum absolute atomic E-state index is 0.0131. The molecule has 0 spiro atoms. The maximum Gasteiger partial charge on any atom is 0.231 e. The van der Waals surface area contributed by atoms with Crippen molar-refractivity contribution < 1.29 is 19.0 Å². The Hall–Kier alpha value is -2.54. The number of ether oxygens (including phenoxy) is 3. The number of hydrogen-bond acceptors (Lipinski definition) is 5. The van der Waals surface area contributed by atoms with Gasteiger partial charge in [0.25, 0.3) is 0 Å². The molecule has 2 atom stereocenters. The quantitative estimate of drug-likeness (QED) is 0.895. The third-order valence-corrected chi connectivity index (χ3v) is 4.69. The van der Waals surface area contributed by atoms with Gasteiger partial charge >= 0.3 is 0 Å². The molecule has 0 bridgehead atoms. The highest BCUT2D eigenvalue weighted by molar-refractivity contribution is 5.76. The smallest absolute Gasteiger partial charge is 0.231 e. The van der Waals surface area contributed by atoms with Crippen LogP contribution in [0.25, 0.3) is 0 Å². The highest BCUT2D eigenvalue weighted by Crippen LogP contribution is 2.36. The molecule has 2 aliphatic heterocycles. The van der Waals surface area contributed by atoms with Gasteiger partial charge in [-0.05, 0) is 30.5 Å². The summed E-state index contributed by atoms with van der Waals surface area (Å²) in [6.07, 6.45) is 3.42. The number of hydrogen-bond donors (Lipinski definition) is 1. The number of rotatable bonds is 5. The zero-order chi connectivity index (χ0) is 17.2. The lowest BCUT2D eigenvalue weighted by molar-refractivity contribution is -0.122. The van der Waals surface area contributed by atoms with Crippen molar-refractivity contribution in [3.8, 4) is 11.5 Å². The number of para-hydroxylation sites is 1. The molecule has 25 heavy (non-hydrogen) atoms. The van der Waals surface area contributed by atoms with Gasteiger partial charge < -0.3 is 19.5 Å². The van der Waals surface area contributed by atoms with Gasteiger partial charge in [-0.2, -0.15) is 5.10 Å². The summed E-state index contributed by atoms with van der Waals surface area (Å²) in [4.78, 5) is 12.4. The van der Waals surface area contributed by atoms with Gasteiger partial charge in [0, 0.05) is 26.3 Å². The molecule has 0 saturated carbocycles. The van der Waals surface area contributed by atoms with E-state index in [0.29, 0.717) is 19.4 Å². The fraction of sp³-hybridized carbons (Fsp3) is 0.444. The lowest BCUT2D eigenvalue weighted by Gasteiger charge is -2.20. The zero-order valence-electron chi connectivity index (χ0n) is 14.1. The normalized spacial score (nSPS) is 21.5. The maximum absolute atomic E-state index is 12.4. The van der Waals surface area contributed by atoms with Crippen molar-refractivity contribution in [2.45, 2.75) is 31.4 Å². The summed E-state index contributed by atoms with van der Waals surface area (Å²) in [5.74, 6) is 1.52. The van der Waals surface area contributed by atoms with E-state index in [1.165, 1.54) is 0 Å². The van der Waals surface area contributed by atoms with Crippen LogP contribution in [-0.2, 0) is 23.0 Å². The Kier molecular flexibility index (Phi) is 4.31. The number of benzene rings is 1. The molecule has 1 N–H and O–H groups in total. The van der Waals surface area contributed by atoms with Crippen LogP contribution in [0.5, 0.6) is 11.5 Å². The van der Waals surface area contributed by atoms with E-state index in [2.05, 4.69) is 10.4 Å².